The fourth-order valence-corrected chi connectivity index (χ4v) is 1.13. The van der Waals surface area contributed by atoms with Gasteiger partial charge in [0.25, 0.3) is 0 Å². The molecule has 1 rings (SSSR count). The first-order chi connectivity index (χ1) is 6.65. The summed E-state index contributed by atoms with van der Waals surface area (Å²) in [4.78, 5) is 11.4. The first-order valence-corrected chi connectivity index (χ1v) is 4.29. The molecule has 0 radical (unpaired) electrons. The number of carbonyl (C=O) groups excluding carboxylic acids is 1. The third kappa shape index (κ3) is 2.36. The Kier molecular flexibility index (Phi) is 3.29. The lowest BCUT2D eigenvalue weighted by Gasteiger charge is -2.05. The number of hydrogen-bond acceptors (Lipinski definition) is 3. The molecule has 0 aliphatic heterocycles. The summed E-state index contributed by atoms with van der Waals surface area (Å²) >= 11 is 0. The number of anilines is 1. The Hall–Kier alpha value is -1.77. The predicted molar refractivity (Wildman–Crippen MR) is 56.1 cm³/mol. The van der Waals surface area contributed by atoms with Crippen LogP contribution in [0.3, 0.4) is 0 Å². The maximum absolute atomic E-state index is 11.4. The van der Waals surface area contributed by atoms with Crippen LogP contribution in [0.1, 0.15) is 15.9 Å². The number of ether oxygens (including phenoxy) is 1. The van der Waals surface area contributed by atoms with Crippen LogP contribution in [0.4, 0.5) is 5.69 Å². The van der Waals surface area contributed by atoms with Crippen LogP contribution in [0.25, 0.3) is 0 Å². The minimum absolute atomic E-state index is 0.225. The maximum Gasteiger partial charge on any atom is 0.338 e. The van der Waals surface area contributed by atoms with E-state index in [1.807, 2.05) is 6.92 Å². The second-order valence-electron chi connectivity index (χ2n) is 2.96. The lowest BCUT2D eigenvalue weighted by molar-refractivity contribution is 0.0549. The normalized spacial score (nSPS) is 9.50. The van der Waals surface area contributed by atoms with E-state index in [1.54, 1.807) is 18.2 Å². The summed E-state index contributed by atoms with van der Waals surface area (Å²) < 4.78 is 4.90. The van der Waals surface area contributed by atoms with Crippen molar-refractivity contribution < 1.29 is 9.53 Å². The molecular weight excluding hydrogens is 178 g/mol. The van der Waals surface area contributed by atoms with Crippen molar-refractivity contribution in [3.8, 4) is 0 Å². The Labute approximate surface area is 83.2 Å². The molecule has 1 aromatic carbocycles. The van der Waals surface area contributed by atoms with Crippen molar-refractivity contribution in [3.63, 3.8) is 0 Å². The van der Waals surface area contributed by atoms with Crippen LogP contribution < -0.4 is 5.73 Å². The van der Waals surface area contributed by atoms with Crippen molar-refractivity contribution >= 4 is 11.7 Å². The van der Waals surface area contributed by atoms with Gasteiger partial charge in [-0.05, 0) is 30.7 Å². The summed E-state index contributed by atoms with van der Waals surface area (Å²) in [6.07, 6.45) is 1.53. The van der Waals surface area contributed by atoms with Gasteiger partial charge in [-0.15, -0.1) is 0 Å². The molecule has 0 aliphatic rings. The van der Waals surface area contributed by atoms with Gasteiger partial charge in [-0.25, -0.2) is 4.79 Å². The Morgan fingerprint density at radius 3 is 2.93 bits per heavy atom. The van der Waals surface area contributed by atoms with Gasteiger partial charge in [0, 0.05) is 5.69 Å². The van der Waals surface area contributed by atoms with Crippen molar-refractivity contribution in [3.05, 3.63) is 42.0 Å². The van der Waals surface area contributed by atoms with Crippen molar-refractivity contribution in [1.82, 2.24) is 0 Å². The summed E-state index contributed by atoms with van der Waals surface area (Å²) in [5.74, 6) is -0.345. The van der Waals surface area contributed by atoms with Crippen LogP contribution in [-0.4, -0.2) is 12.6 Å². The highest BCUT2D eigenvalue weighted by molar-refractivity contribution is 5.91. The Morgan fingerprint density at radius 2 is 2.36 bits per heavy atom. The van der Waals surface area contributed by atoms with Gasteiger partial charge in [-0.3, -0.25) is 0 Å². The fraction of sp³-hybridized carbons (Fsp3) is 0.182. The number of carbonyl (C=O) groups is 1. The van der Waals surface area contributed by atoms with Crippen molar-refractivity contribution in [1.29, 1.82) is 0 Å². The molecule has 3 heteroatoms. The minimum Gasteiger partial charge on any atom is -0.458 e. The van der Waals surface area contributed by atoms with Crippen molar-refractivity contribution in [2.75, 3.05) is 12.3 Å². The first-order valence-electron chi connectivity index (χ1n) is 4.29. The van der Waals surface area contributed by atoms with Crippen LogP contribution in [-0.2, 0) is 4.74 Å². The van der Waals surface area contributed by atoms with Gasteiger partial charge in [0.05, 0.1) is 5.56 Å². The SMILES string of the molecule is C=CCOC(=O)c1ccc(N)cc1C. The van der Waals surface area contributed by atoms with E-state index in [0.717, 1.165) is 5.56 Å². The molecule has 0 aromatic heterocycles. The van der Waals surface area contributed by atoms with Gasteiger partial charge in [-0.1, -0.05) is 12.7 Å². The molecule has 0 amide bonds. The van der Waals surface area contributed by atoms with E-state index in [9.17, 15) is 4.79 Å². The number of rotatable bonds is 3. The van der Waals surface area contributed by atoms with Crippen LogP contribution in [0.15, 0.2) is 30.9 Å². The molecule has 0 aliphatic carbocycles. The molecule has 74 valence electrons. The number of aryl methyl sites for hydroxylation is 1. The fourth-order valence-electron chi connectivity index (χ4n) is 1.13. The zero-order valence-corrected chi connectivity index (χ0v) is 8.12. The van der Waals surface area contributed by atoms with E-state index in [1.165, 1.54) is 6.08 Å². The quantitative estimate of drug-likeness (QED) is 0.451. The molecule has 0 saturated heterocycles. The monoisotopic (exact) mass is 191 g/mol. The lowest BCUT2D eigenvalue weighted by Crippen LogP contribution is -2.07. The molecule has 3 nitrogen and oxygen atoms in total. The molecule has 0 saturated carbocycles. The van der Waals surface area contributed by atoms with Crippen LogP contribution in [0.5, 0.6) is 0 Å². The summed E-state index contributed by atoms with van der Waals surface area (Å²) in [5.41, 5.74) is 7.56. The van der Waals surface area contributed by atoms with Gasteiger partial charge in [0.2, 0.25) is 0 Å². The molecule has 0 atom stereocenters. The standard InChI is InChI=1S/C11H13NO2/c1-3-6-14-11(13)10-5-4-9(12)7-8(10)2/h3-5,7H,1,6,12H2,2H3. The summed E-state index contributed by atoms with van der Waals surface area (Å²) in [6, 6.07) is 5.08. The van der Waals surface area contributed by atoms with E-state index in [2.05, 4.69) is 6.58 Å². The Morgan fingerprint density at radius 1 is 1.64 bits per heavy atom. The number of nitrogen functional groups attached to an aromatic ring is 1. The van der Waals surface area contributed by atoms with Crippen LogP contribution >= 0.6 is 0 Å². The Bertz CT molecular complexity index is 358. The van der Waals surface area contributed by atoms with Crippen molar-refractivity contribution in [2.45, 2.75) is 6.92 Å². The van der Waals surface area contributed by atoms with Crippen LogP contribution in [0.2, 0.25) is 0 Å². The molecule has 0 bridgehead atoms. The topological polar surface area (TPSA) is 52.3 Å². The second-order valence-corrected chi connectivity index (χ2v) is 2.96. The third-order valence-electron chi connectivity index (χ3n) is 1.80. The number of benzene rings is 1. The molecular formula is C11H13NO2. The summed E-state index contributed by atoms with van der Waals surface area (Å²) in [7, 11) is 0. The minimum atomic E-state index is -0.345. The van der Waals surface area contributed by atoms with E-state index >= 15 is 0 Å². The van der Waals surface area contributed by atoms with Crippen LogP contribution in [0, 0.1) is 6.92 Å². The maximum atomic E-state index is 11.4. The largest absolute Gasteiger partial charge is 0.458 e. The zero-order valence-electron chi connectivity index (χ0n) is 8.12. The van der Waals surface area contributed by atoms with Gasteiger partial charge in [0.1, 0.15) is 6.61 Å². The average molecular weight is 191 g/mol. The second kappa shape index (κ2) is 4.46. The lowest BCUT2D eigenvalue weighted by atomic mass is 10.1. The summed E-state index contributed by atoms with van der Waals surface area (Å²) in [5, 5.41) is 0. The predicted octanol–water partition coefficient (Wildman–Crippen LogP) is 1.92. The molecule has 2 N–H and O–H groups in total. The first kappa shape index (κ1) is 10.3. The van der Waals surface area contributed by atoms with Gasteiger partial charge in [-0.2, -0.15) is 0 Å². The molecule has 0 heterocycles. The molecule has 1 aromatic rings. The van der Waals surface area contributed by atoms with E-state index in [0.29, 0.717) is 11.3 Å². The third-order valence-corrected chi connectivity index (χ3v) is 1.80. The van der Waals surface area contributed by atoms with Gasteiger partial charge >= 0.3 is 5.97 Å². The van der Waals surface area contributed by atoms with Gasteiger partial charge < -0.3 is 10.5 Å². The Balaban J connectivity index is 2.84. The molecule has 0 fully saturated rings. The van der Waals surface area contributed by atoms with E-state index in [4.69, 9.17) is 10.5 Å². The highest BCUT2D eigenvalue weighted by atomic mass is 16.5. The molecule has 14 heavy (non-hydrogen) atoms. The molecule has 0 spiro atoms. The zero-order chi connectivity index (χ0) is 10.6. The van der Waals surface area contributed by atoms with E-state index in [-0.39, 0.29) is 12.6 Å². The van der Waals surface area contributed by atoms with Crippen molar-refractivity contribution in [2.24, 2.45) is 0 Å². The summed E-state index contributed by atoms with van der Waals surface area (Å²) in [6.45, 7) is 5.51. The number of hydrogen-bond donors (Lipinski definition) is 1. The highest BCUT2D eigenvalue weighted by Crippen LogP contribution is 2.13. The number of esters is 1. The van der Waals surface area contributed by atoms with Gasteiger partial charge in [0.15, 0.2) is 0 Å². The smallest absolute Gasteiger partial charge is 0.338 e. The highest BCUT2D eigenvalue weighted by Gasteiger charge is 2.09. The average Bonchev–Trinajstić information content (AvgIpc) is 2.14. The number of nitrogens with two attached hydrogens (primary N) is 1. The molecule has 0 unspecified atom stereocenters. The van der Waals surface area contributed by atoms with E-state index < -0.39 is 0 Å².